The molecule has 0 aromatic heterocycles. The van der Waals surface area contributed by atoms with Gasteiger partial charge >= 0.3 is 5.97 Å². The first-order chi connectivity index (χ1) is 18.1. The van der Waals surface area contributed by atoms with Crippen LogP contribution in [0.2, 0.25) is 0 Å². The second-order valence-electron chi connectivity index (χ2n) is 11.8. The molecule has 3 aliphatic rings. The number of unbranched alkanes of at least 4 members (excludes halogenated alkanes) is 3. The van der Waals surface area contributed by atoms with E-state index in [9.17, 15) is 19.5 Å². The highest BCUT2D eigenvalue weighted by atomic mass is 16.6. The third-order valence-corrected chi connectivity index (χ3v) is 8.54. The highest BCUT2D eigenvalue weighted by molar-refractivity contribution is 5.98. The van der Waals surface area contributed by atoms with E-state index in [4.69, 9.17) is 9.47 Å². The van der Waals surface area contributed by atoms with Gasteiger partial charge in [-0.05, 0) is 57.8 Å². The number of amides is 2. The van der Waals surface area contributed by atoms with Crippen molar-refractivity contribution in [3.05, 3.63) is 25.3 Å². The molecule has 214 valence electrons. The van der Waals surface area contributed by atoms with Crippen molar-refractivity contribution in [3.8, 4) is 0 Å². The lowest BCUT2D eigenvalue weighted by molar-refractivity contribution is -0.162. The van der Waals surface area contributed by atoms with Crippen LogP contribution >= 0.6 is 0 Å². The van der Waals surface area contributed by atoms with Crippen LogP contribution in [0.1, 0.15) is 79.1 Å². The lowest BCUT2D eigenvalue weighted by Gasteiger charge is -2.40. The van der Waals surface area contributed by atoms with Gasteiger partial charge < -0.3 is 24.4 Å². The smallest absolute Gasteiger partial charge is 0.312 e. The summed E-state index contributed by atoms with van der Waals surface area (Å²) >= 11 is 0. The van der Waals surface area contributed by atoms with Gasteiger partial charge in [0.15, 0.2) is 0 Å². The predicted octanol–water partition coefficient (Wildman–Crippen LogP) is 3.87. The van der Waals surface area contributed by atoms with E-state index in [0.717, 1.165) is 25.7 Å². The van der Waals surface area contributed by atoms with E-state index in [2.05, 4.69) is 20.1 Å². The van der Waals surface area contributed by atoms with Gasteiger partial charge in [0, 0.05) is 13.1 Å². The Balaban J connectivity index is 2.00. The fourth-order valence-corrected chi connectivity index (χ4v) is 6.84. The molecule has 0 saturated carbocycles. The summed E-state index contributed by atoms with van der Waals surface area (Å²) in [6, 6.07) is -1.45. The average molecular weight is 533 g/mol. The summed E-state index contributed by atoms with van der Waals surface area (Å²) in [7, 11) is 0. The quantitative estimate of drug-likeness (QED) is 0.184. The minimum absolute atomic E-state index is 0.195. The monoisotopic (exact) mass is 532 g/mol. The minimum Gasteiger partial charge on any atom is -0.465 e. The number of aliphatic hydroxyl groups excluding tert-OH is 1. The summed E-state index contributed by atoms with van der Waals surface area (Å²) < 4.78 is 12.4. The summed E-state index contributed by atoms with van der Waals surface area (Å²) in [5.41, 5.74) is -1.99. The van der Waals surface area contributed by atoms with E-state index in [1.807, 2.05) is 26.8 Å². The zero-order valence-corrected chi connectivity index (χ0v) is 23.8. The normalized spacial score (nSPS) is 30.4. The lowest BCUT2D eigenvalue weighted by atomic mass is 9.66. The van der Waals surface area contributed by atoms with Crippen molar-refractivity contribution in [2.24, 2.45) is 17.8 Å². The summed E-state index contributed by atoms with van der Waals surface area (Å²) in [5, 5.41) is 10.4. The number of likely N-dealkylation sites (tertiary alicyclic amines) is 1. The van der Waals surface area contributed by atoms with Crippen LogP contribution in [0.3, 0.4) is 0 Å². The Hall–Kier alpha value is -2.19. The van der Waals surface area contributed by atoms with Crippen molar-refractivity contribution in [2.45, 2.75) is 102 Å². The number of rotatable bonds is 16. The van der Waals surface area contributed by atoms with Crippen molar-refractivity contribution in [1.82, 2.24) is 9.80 Å². The highest BCUT2D eigenvalue weighted by Crippen LogP contribution is 2.63. The summed E-state index contributed by atoms with van der Waals surface area (Å²) in [6.07, 6.45) is 9.33. The Morgan fingerprint density at radius 2 is 1.97 bits per heavy atom. The average Bonchev–Trinajstić information content (AvgIpc) is 3.45. The largest absolute Gasteiger partial charge is 0.465 e. The molecule has 1 N–H and O–H groups in total. The molecule has 8 nitrogen and oxygen atoms in total. The van der Waals surface area contributed by atoms with Crippen molar-refractivity contribution in [2.75, 3.05) is 26.3 Å². The second-order valence-corrected chi connectivity index (χ2v) is 11.8. The second kappa shape index (κ2) is 12.8. The van der Waals surface area contributed by atoms with Gasteiger partial charge in [0.25, 0.3) is 0 Å². The molecule has 2 bridgehead atoms. The molecule has 0 aromatic carbocycles. The van der Waals surface area contributed by atoms with Crippen LogP contribution < -0.4 is 0 Å². The number of allylic oxidation sites excluding steroid dienone is 1. The molecule has 3 aliphatic heterocycles. The third-order valence-electron chi connectivity index (χ3n) is 8.54. The van der Waals surface area contributed by atoms with Crippen LogP contribution in [0.25, 0.3) is 0 Å². The van der Waals surface area contributed by atoms with E-state index in [0.29, 0.717) is 38.8 Å². The van der Waals surface area contributed by atoms with Gasteiger partial charge in [0.05, 0.1) is 30.8 Å². The molecule has 2 unspecified atom stereocenters. The first-order valence-electron chi connectivity index (χ1n) is 14.4. The molecule has 3 fully saturated rings. The number of carbonyl (C=O) groups is 3. The van der Waals surface area contributed by atoms with Crippen molar-refractivity contribution in [3.63, 3.8) is 0 Å². The van der Waals surface area contributed by atoms with Gasteiger partial charge in [-0.2, -0.15) is 0 Å². The van der Waals surface area contributed by atoms with Gasteiger partial charge in [-0.3, -0.25) is 14.4 Å². The molecule has 6 atom stereocenters. The molecule has 38 heavy (non-hydrogen) atoms. The molecule has 3 saturated heterocycles. The summed E-state index contributed by atoms with van der Waals surface area (Å²) in [5.74, 6) is -2.31. The van der Waals surface area contributed by atoms with Crippen LogP contribution in [0.5, 0.6) is 0 Å². The van der Waals surface area contributed by atoms with E-state index >= 15 is 0 Å². The fraction of sp³-hybridized carbons (Fsp3) is 0.767. The number of nitrogens with zero attached hydrogens (tertiary/aromatic N) is 2. The van der Waals surface area contributed by atoms with Crippen LogP contribution in [0, 0.1) is 17.8 Å². The van der Waals surface area contributed by atoms with Crippen LogP contribution in [-0.2, 0) is 23.9 Å². The molecule has 1 spiro atoms. The Morgan fingerprint density at radius 3 is 2.58 bits per heavy atom. The van der Waals surface area contributed by atoms with Gasteiger partial charge in [-0.1, -0.05) is 39.3 Å². The topological polar surface area (TPSA) is 96.4 Å². The van der Waals surface area contributed by atoms with E-state index < -0.39 is 41.1 Å². The van der Waals surface area contributed by atoms with E-state index in [1.54, 1.807) is 15.9 Å². The first-order valence-corrected chi connectivity index (χ1v) is 14.4. The SMILES string of the molecule is C=CCCCCOC(=O)[C@H]1[C@H]2C(=O)N([C@@H](CO)CC(C)C)C(C(=O)N(CC=C)CCCC)C23CC[C@]1(C)O3. The molecule has 0 radical (unpaired) electrons. The number of hydrogen-bond acceptors (Lipinski definition) is 6. The molecular formula is C30H48N2O6. The van der Waals surface area contributed by atoms with Crippen molar-refractivity contribution < 1.29 is 29.0 Å². The van der Waals surface area contributed by atoms with Crippen LogP contribution in [0.15, 0.2) is 25.3 Å². The van der Waals surface area contributed by atoms with Crippen LogP contribution in [0.4, 0.5) is 0 Å². The first kappa shape index (κ1) is 30.4. The molecule has 2 amide bonds. The minimum atomic E-state index is -1.12. The zero-order valence-electron chi connectivity index (χ0n) is 23.8. The number of ether oxygens (including phenoxy) is 2. The van der Waals surface area contributed by atoms with Gasteiger partial charge in [0.1, 0.15) is 17.6 Å². The number of esters is 1. The molecule has 3 heterocycles. The summed E-state index contributed by atoms with van der Waals surface area (Å²) in [4.78, 5) is 45.3. The maximum Gasteiger partial charge on any atom is 0.312 e. The van der Waals surface area contributed by atoms with Gasteiger partial charge in [-0.15, -0.1) is 13.2 Å². The standard InChI is InChI=1S/C30H48N2O6/c1-7-10-12-13-18-37-28(36)24-23-26(34)32(22(20-33)19-21(4)5)25(30(23)15-14-29(24,6)38-30)27(35)31(16-9-3)17-11-8-2/h7,9,21-25,33H,1,3,8,10-20H2,2,4-6H3/t22-,23+,24-,25?,29+,30?/m1/s1. The Bertz CT molecular complexity index is 890. The van der Waals surface area contributed by atoms with E-state index in [-0.39, 0.29) is 30.9 Å². The van der Waals surface area contributed by atoms with Crippen LogP contribution in [-0.4, -0.2) is 82.3 Å². The molecular weight excluding hydrogens is 484 g/mol. The highest BCUT2D eigenvalue weighted by Gasteiger charge is 2.79. The van der Waals surface area contributed by atoms with Gasteiger partial charge in [0.2, 0.25) is 11.8 Å². The molecule has 0 aromatic rings. The predicted molar refractivity (Wildman–Crippen MR) is 146 cm³/mol. The Morgan fingerprint density at radius 1 is 1.24 bits per heavy atom. The number of fused-ring (bicyclic) bond motifs is 1. The maximum atomic E-state index is 14.3. The van der Waals surface area contributed by atoms with E-state index in [1.165, 1.54) is 0 Å². The number of carbonyl (C=O) groups excluding carboxylic acids is 3. The number of aliphatic hydroxyl groups is 1. The Kier molecular flexibility index (Phi) is 10.2. The van der Waals surface area contributed by atoms with Gasteiger partial charge in [-0.25, -0.2) is 0 Å². The third kappa shape index (κ3) is 5.57. The zero-order chi connectivity index (χ0) is 28.1. The molecule has 0 aliphatic carbocycles. The maximum absolute atomic E-state index is 14.3. The van der Waals surface area contributed by atoms with Crippen molar-refractivity contribution >= 4 is 17.8 Å². The molecule has 3 rings (SSSR count). The molecule has 8 heteroatoms. The fourth-order valence-electron chi connectivity index (χ4n) is 6.84. The van der Waals surface area contributed by atoms with Crippen molar-refractivity contribution in [1.29, 1.82) is 0 Å². The lowest BCUT2D eigenvalue weighted by Crippen LogP contribution is -2.59. The summed E-state index contributed by atoms with van der Waals surface area (Å²) in [6.45, 7) is 16.5. The Labute approximate surface area is 228 Å². The number of hydrogen-bond donors (Lipinski definition) is 1.